The predicted molar refractivity (Wildman–Crippen MR) is 108 cm³/mol. The smallest absolute Gasteiger partial charge is 0.195 e. The molecule has 3 heteroatoms. The Kier molecular flexibility index (Phi) is 4.31. The van der Waals surface area contributed by atoms with Gasteiger partial charge in [-0.25, -0.2) is 0 Å². The van der Waals surface area contributed by atoms with Gasteiger partial charge >= 0.3 is 0 Å². The van der Waals surface area contributed by atoms with Gasteiger partial charge in [-0.05, 0) is 41.8 Å². The maximum Gasteiger partial charge on any atom is 0.195 e. The highest BCUT2D eigenvalue weighted by Gasteiger charge is 2.21. The van der Waals surface area contributed by atoms with Gasteiger partial charge < -0.3 is 4.74 Å². The van der Waals surface area contributed by atoms with Crippen LogP contribution in [0.15, 0.2) is 72.1 Å². The molecule has 0 N–H and O–H groups in total. The molecule has 0 spiro atoms. The van der Waals surface area contributed by atoms with Crippen LogP contribution < -0.4 is 4.74 Å². The monoisotopic (exact) mass is 358 g/mol. The van der Waals surface area contributed by atoms with Gasteiger partial charge in [0, 0.05) is 26.6 Å². The fraction of sp³-hybridized carbons (Fsp3) is 0.0870. The number of rotatable bonds is 4. The van der Waals surface area contributed by atoms with E-state index in [0.717, 1.165) is 43.7 Å². The summed E-state index contributed by atoms with van der Waals surface area (Å²) in [5.74, 6) is 0.814. The summed E-state index contributed by atoms with van der Waals surface area (Å²) in [6, 6.07) is 21.9. The van der Waals surface area contributed by atoms with E-state index in [1.807, 2.05) is 73.0 Å². The highest BCUT2D eigenvalue weighted by Crippen LogP contribution is 2.35. The lowest BCUT2D eigenvalue weighted by molar-refractivity contribution is 0.104. The molecule has 3 aromatic carbocycles. The van der Waals surface area contributed by atoms with Gasteiger partial charge in [0.2, 0.25) is 0 Å². The van der Waals surface area contributed by atoms with Crippen molar-refractivity contribution in [3.8, 4) is 16.9 Å². The molecule has 0 radical (unpaired) electrons. The van der Waals surface area contributed by atoms with Crippen LogP contribution in [0.1, 0.15) is 21.5 Å². The van der Waals surface area contributed by atoms with Crippen molar-refractivity contribution in [2.45, 2.75) is 6.92 Å². The summed E-state index contributed by atoms with van der Waals surface area (Å²) in [5.41, 5.74) is 4.33. The van der Waals surface area contributed by atoms with Crippen molar-refractivity contribution in [3.63, 3.8) is 0 Å². The molecule has 1 heterocycles. The Morgan fingerprint density at radius 3 is 2.46 bits per heavy atom. The third kappa shape index (κ3) is 2.80. The van der Waals surface area contributed by atoms with E-state index in [4.69, 9.17) is 4.74 Å². The molecular formula is C23H18O2S. The van der Waals surface area contributed by atoms with Crippen molar-refractivity contribution in [1.82, 2.24) is 0 Å². The standard InChI is InChI=1S/C23H18O2S/c1-15-12-17(25-2)13-19(16-8-4-3-5-9-16)22(15)23(24)20-14-26-21-11-7-6-10-18(20)21/h3-14H,1-2H3. The lowest BCUT2D eigenvalue weighted by Crippen LogP contribution is -2.06. The van der Waals surface area contributed by atoms with Crippen LogP contribution in [0.5, 0.6) is 5.75 Å². The Labute approximate surface area is 156 Å². The molecule has 1 aromatic heterocycles. The Balaban J connectivity index is 1.94. The number of ketones is 1. The number of hydrogen-bond donors (Lipinski definition) is 0. The van der Waals surface area contributed by atoms with Gasteiger partial charge in [-0.2, -0.15) is 0 Å². The molecule has 2 nitrogen and oxygen atoms in total. The zero-order valence-electron chi connectivity index (χ0n) is 14.7. The van der Waals surface area contributed by atoms with Crippen LogP contribution in [0.3, 0.4) is 0 Å². The summed E-state index contributed by atoms with van der Waals surface area (Å²) in [6.45, 7) is 1.97. The Bertz CT molecular complexity index is 1090. The molecule has 0 saturated carbocycles. The number of thiophene rings is 1. The van der Waals surface area contributed by atoms with Crippen LogP contribution in [0, 0.1) is 6.92 Å². The van der Waals surface area contributed by atoms with E-state index < -0.39 is 0 Å². The lowest BCUT2D eigenvalue weighted by atomic mass is 9.90. The van der Waals surface area contributed by atoms with Crippen LogP contribution in [-0.2, 0) is 0 Å². The van der Waals surface area contributed by atoms with E-state index in [2.05, 4.69) is 6.07 Å². The predicted octanol–water partition coefficient (Wildman–Crippen LogP) is 6.12. The molecule has 26 heavy (non-hydrogen) atoms. The van der Waals surface area contributed by atoms with E-state index in [-0.39, 0.29) is 5.78 Å². The van der Waals surface area contributed by atoms with Gasteiger partial charge in [0.25, 0.3) is 0 Å². The number of benzene rings is 3. The molecule has 0 atom stereocenters. The maximum absolute atomic E-state index is 13.5. The van der Waals surface area contributed by atoms with Crippen LogP contribution >= 0.6 is 11.3 Å². The average molecular weight is 358 g/mol. The third-order valence-electron chi connectivity index (χ3n) is 4.58. The molecule has 0 amide bonds. The molecule has 0 fully saturated rings. The molecule has 0 bridgehead atoms. The Morgan fingerprint density at radius 1 is 0.962 bits per heavy atom. The molecule has 128 valence electrons. The van der Waals surface area contributed by atoms with Crippen molar-refractivity contribution < 1.29 is 9.53 Å². The van der Waals surface area contributed by atoms with Crippen LogP contribution in [-0.4, -0.2) is 12.9 Å². The molecule has 0 saturated heterocycles. The summed E-state index contributed by atoms with van der Waals surface area (Å²) in [6.07, 6.45) is 0. The summed E-state index contributed by atoms with van der Waals surface area (Å²) < 4.78 is 6.57. The van der Waals surface area contributed by atoms with Gasteiger partial charge in [0.1, 0.15) is 5.75 Å². The second-order valence-electron chi connectivity index (χ2n) is 6.21. The van der Waals surface area contributed by atoms with Crippen LogP contribution in [0.4, 0.5) is 0 Å². The van der Waals surface area contributed by atoms with Gasteiger partial charge in [-0.1, -0.05) is 48.5 Å². The molecule has 0 aliphatic carbocycles. The van der Waals surface area contributed by atoms with E-state index in [1.165, 1.54) is 0 Å². The zero-order chi connectivity index (χ0) is 18.1. The van der Waals surface area contributed by atoms with Gasteiger partial charge in [0.15, 0.2) is 5.78 Å². The van der Waals surface area contributed by atoms with E-state index in [9.17, 15) is 4.79 Å². The highest BCUT2D eigenvalue weighted by atomic mass is 32.1. The number of carbonyl (C=O) groups excluding carboxylic acids is 1. The molecule has 4 rings (SSSR count). The quantitative estimate of drug-likeness (QED) is 0.411. The molecule has 4 aromatic rings. The number of carbonyl (C=O) groups is 1. The first-order valence-electron chi connectivity index (χ1n) is 8.44. The molecular weight excluding hydrogens is 340 g/mol. The molecule has 0 aliphatic heterocycles. The lowest BCUT2D eigenvalue weighted by Gasteiger charge is -2.14. The van der Waals surface area contributed by atoms with Crippen LogP contribution in [0.2, 0.25) is 0 Å². The first kappa shape index (κ1) is 16.6. The molecule has 0 aliphatic rings. The number of aryl methyl sites for hydroxylation is 1. The SMILES string of the molecule is COc1cc(C)c(C(=O)c2csc3ccccc23)c(-c2ccccc2)c1. The second kappa shape index (κ2) is 6.77. The second-order valence-corrected chi connectivity index (χ2v) is 7.12. The minimum absolute atomic E-state index is 0.0569. The van der Waals surface area contributed by atoms with E-state index >= 15 is 0 Å². The summed E-state index contributed by atoms with van der Waals surface area (Å²) in [7, 11) is 1.65. The average Bonchev–Trinajstić information content (AvgIpc) is 3.11. The topological polar surface area (TPSA) is 26.3 Å². The summed E-state index contributed by atoms with van der Waals surface area (Å²) >= 11 is 1.61. The summed E-state index contributed by atoms with van der Waals surface area (Å²) in [4.78, 5) is 13.5. The van der Waals surface area contributed by atoms with Crippen molar-refractivity contribution in [3.05, 3.63) is 88.8 Å². The zero-order valence-corrected chi connectivity index (χ0v) is 15.5. The van der Waals surface area contributed by atoms with E-state index in [0.29, 0.717) is 0 Å². The largest absolute Gasteiger partial charge is 0.497 e. The minimum Gasteiger partial charge on any atom is -0.497 e. The third-order valence-corrected chi connectivity index (χ3v) is 5.55. The number of methoxy groups -OCH3 is 1. The Hall–Kier alpha value is -2.91. The summed E-state index contributed by atoms with van der Waals surface area (Å²) in [5, 5.41) is 2.97. The van der Waals surface area contributed by atoms with Gasteiger partial charge in [0.05, 0.1) is 7.11 Å². The van der Waals surface area contributed by atoms with Gasteiger partial charge in [-0.3, -0.25) is 4.79 Å². The van der Waals surface area contributed by atoms with Gasteiger partial charge in [-0.15, -0.1) is 11.3 Å². The van der Waals surface area contributed by atoms with E-state index in [1.54, 1.807) is 18.4 Å². The highest BCUT2D eigenvalue weighted by molar-refractivity contribution is 7.17. The van der Waals surface area contributed by atoms with Crippen molar-refractivity contribution in [2.75, 3.05) is 7.11 Å². The Morgan fingerprint density at radius 2 is 1.69 bits per heavy atom. The first-order valence-corrected chi connectivity index (χ1v) is 9.32. The number of fused-ring (bicyclic) bond motifs is 1. The fourth-order valence-electron chi connectivity index (χ4n) is 3.31. The maximum atomic E-state index is 13.5. The fourth-order valence-corrected chi connectivity index (χ4v) is 4.25. The first-order chi connectivity index (χ1) is 12.7. The van der Waals surface area contributed by atoms with Crippen molar-refractivity contribution >= 4 is 27.2 Å². The normalized spacial score (nSPS) is 10.8. The minimum atomic E-state index is 0.0569. The number of ether oxygens (including phenoxy) is 1. The van der Waals surface area contributed by atoms with Crippen molar-refractivity contribution in [1.29, 1.82) is 0 Å². The van der Waals surface area contributed by atoms with Crippen LogP contribution in [0.25, 0.3) is 21.2 Å². The number of hydrogen-bond acceptors (Lipinski definition) is 3. The molecule has 0 unspecified atom stereocenters. The van der Waals surface area contributed by atoms with Crippen molar-refractivity contribution in [2.24, 2.45) is 0 Å².